The minimum absolute atomic E-state index is 0.00989. The van der Waals surface area contributed by atoms with Crippen molar-refractivity contribution in [1.29, 1.82) is 0 Å². The van der Waals surface area contributed by atoms with Gasteiger partial charge in [0.1, 0.15) is 5.60 Å². The van der Waals surface area contributed by atoms with Crippen LogP contribution in [0.25, 0.3) is 0 Å². The Morgan fingerprint density at radius 3 is 2.28 bits per heavy atom. The monoisotopic (exact) mass is 464 g/mol. The predicted molar refractivity (Wildman–Crippen MR) is 128 cm³/mol. The number of nitrogens with zero attached hydrogens (tertiary/aromatic N) is 2. The van der Waals surface area contributed by atoms with E-state index in [1.54, 1.807) is 4.90 Å². The number of benzene rings is 1. The maximum Gasteiger partial charge on any atom is 0.410 e. The lowest BCUT2D eigenvalue weighted by Crippen LogP contribution is -2.50. The quantitative estimate of drug-likeness (QED) is 0.454. The van der Waals surface area contributed by atoms with E-state index < -0.39 is 5.60 Å². The average molecular weight is 465 g/mol. The fraction of sp³-hybridized carbons (Fsp3) is 0.609. The molecule has 9 heteroatoms. The van der Waals surface area contributed by atoms with E-state index in [0.29, 0.717) is 19.6 Å². The summed E-state index contributed by atoms with van der Waals surface area (Å²) in [5, 5.41) is 5.52. The summed E-state index contributed by atoms with van der Waals surface area (Å²) < 4.78 is 5.43. The fourth-order valence-electron chi connectivity index (χ4n) is 3.22. The highest BCUT2D eigenvalue weighted by Gasteiger charge is 2.25. The Hall–Kier alpha value is -2.26. The van der Waals surface area contributed by atoms with Gasteiger partial charge in [-0.05, 0) is 64.9 Å². The molecule has 8 nitrogen and oxygen atoms in total. The largest absolute Gasteiger partial charge is 0.444 e. The van der Waals surface area contributed by atoms with E-state index in [9.17, 15) is 14.4 Å². The lowest BCUT2D eigenvalue weighted by molar-refractivity contribution is -0.120. The molecular formula is C23H36N4O4S. The Labute approximate surface area is 195 Å². The van der Waals surface area contributed by atoms with Crippen LogP contribution in [0.1, 0.15) is 41.0 Å². The van der Waals surface area contributed by atoms with E-state index in [1.807, 2.05) is 52.0 Å². The van der Waals surface area contributed by atoms with Crippen LogP contribution in [0.15, 0.2) is 29.2 Å². The van der Waals surface area contributed by atoms with Crippen LogP contribution in [-0.4, -0.2) is 77.8 Å². The maximum atomic E-state index is 12.4. The SMILES string of the molecule is CC(=O)Nc1ccc(SC(C)C(=O)NCCCN2CCN(C(=O)OC(C)(C)C)CC2)cc1. The first-order valence-corrected chi connectivity index (χ1v) is 11.9. The Bertz CT molecular complexity index is 771. The first-order chi connectivity index (χ1) is 15.0. The highest BCUT2D eigenvalue weighted by molar-refractivity contribution is 8.00. The predicted octanol–water partition coefficient (Wildman–Crippen LogP) is 3.18. The second kappa shape index (κ2) is 12.1. The van der Waals surface area contributed by atoms with Crippen LogP contribution in [0.5, 0.6) is 0 Å². The molecule has 1 fully saturated rings. The minimum Gasteiger partial charge on any atom is -0.444 e. The van der Waals surface area contributed by atoms with Crippen molar-refractivity contribution in [2.45, 2.75) is 56.8 Å². The highest BCUT2D eigenvalue weighted by atomic mass is 32.2. The molecule has 2 N–H and O–H groups in total. The van der Waals surface area contributed by atoms with E-state index in [-0.39, 0.29) is 23.2 Å². The van der Waals surface area contributed by atoms with Crippen molar-refractivity contribution < 1.29 is 19.1 Å². The van der Waals surface area contributed by atoms with Gasteiger partial charge in [0.2, 0.25) is 11.8 Å². The zero-order chi connectivity index (χ0) is 23.7. The molecule has 32 heavy (non-hydrogen) atoms. The topological polar surface area (TPSA) is 91.0 Å². The standard InChI is InChI=1S/C23H36N4O4S/c1-17(32-20-9-7-19(8-10-20)25-18(2)28)21(29)24-11-6-12-26-13-15-27(16-14-26)22(30)31-23(3,4)5/h7-10,17H,6,11-16H2,1-5H3,(H,24,29)(H,25,28). The van der Waals surface area contributed by atoms with Crippen molar-refractivity contribution in [3.05, 3.63) is 24.3 Å². The number of thioether (sulfide) groups is 1. The molecule has 1 heterocycles. The second-order valence-corrected chi connectivity index (χ2v) is 10.3. The molecule has 0 bridgehead atoms. The van der Waals surface area contributed by atoms with Gasteiger partial charge in [0.25, 0.3) is 0 Å². The molecule has 0 aromatic heterocycles. The van der Waals surface area contributed by atoms with Gasteiger partial charge in [0.05, 0.1) is 5.25 Å². The summed E-state index contributed by atoms with van der Waals surface area (Å²) in [6.07, 6.45) is 0.613. The number of carbonyl (C=O) groups excluding carboxylic acids is 3. The molecule has 0 radical (unpaired) electrons. The van der Waals surface area contributed by atoms with E-state index in [4.69, 9.17) is 4.74 Å². The molecule has 1 unspecified atom stereocenters. The normalized spacial score (nSPS) is 15.7. The molecule has 178 valence electrons. The summed E-state index contributed by atoms with van der Waals surface area (Å²) >= 11 is 1.49. The van der Waals surface area contributed by atoms with Crippen LogP contribution < -0.4 is 10.6 Å². The zero-order valence-electron chi connectivity index (χ0n) is 19.8. The van der Waals surface area contributed by atoms with Crippen molar-refractivity contribution in [2.75, 3.05) is 44.6 Å². The molecule has 3 amide bonds. The van der Waals surface area contributed by atoms with Gasteiger partial charge in [0, 0.05) is 50.2 Å². The number of carbonyl (C=O) groups is 3. The summed E-state index contributed by atoms with van der Waals surface area (Å²) in [6, 6.07) is 7.46. The number of hydrogen-bond acceptors (Lipinski definition) is 6. The van der Waals surface area contributed by atoms with Gasteiger partial charge in [-0.25, -0.2) is 4.79 Å². The molecular weight excluding hydrogens is 428 g/mol. The highest BCUT2D eigenvalue weighted by Crippen LogP contribution is 2.24. The number of nitrogens with one attached hydrogen (secondary N) is 2. The molecule has 1 aliphatic heterocycles. The van der Waals surface area contributed by atoms with Gasteiger partial charge in [0.15, 0.2) is 0 Å². The summed E-state index contributed by atoms with van der Waals surface area (Å²) in [6.45, 7) is 13.4. The third-order valence-electron chi connectivity index (χ3n) is 4.83. The van der Waals surface area contributed by atoms with E-state index in [0.717, 1.165) is 36.6 Å². The number of piperazine rings is 1. The van der Waals surface area contributed by atoms with Gasteiger partial charge in [-0.15, -0.1) is 11.8 Å². The number of rotatable bonds is 8. The summed E-state index contributed by atoms with van der Waals surface area (Å²) in [5.41, 5.74) is 0.267. The summed E-state index contributed by atoms with van der Waals surface area (Å²) in [5.74, 6) is -0.0984. The Morgan fingerprint density at radius 2 is 1.72 bits per heavy atom. The fourth-order valence-corrected chi connectivity index (χ4v) is 4.11. The van der Waals surface area contributed by atoms with E-state index in [2.05, 4.69) is 15.5 Å². The lowest BCUT2D eigenvalue weighted by Gasteiger charge is -2.35. The van der Waals surface area contributed by atoms with Gasteiger partial charge < -0.3 is 20.3 Å². The molecule has 1 aromatic carbocycles. The van der Waals surface area contributed by atoms with Gasteiger partial charge in [-0.3, -0.25) is 14.5 Å². The number of anilines is 1. The van der Waals surface area contributed by atoms with Crippen LogP contribution in [0.2, 0.25) is 0 Å². The van der Waals surface area contributed by atoms with Crippen molar-refractivity contribution in [2.24, 2.45) is 0 Å². The molecule has 1 saturated heterocycles. The van der Waals surface area contributed by atoms with Crippen molar-refractivity contribution >= 4 is 35.4 Å². The second-order valence-electron chi connectivity index (χ2n) is 8.92. The zero-order valence-corrected chi connectivity index (χ0v) is 20.6. The summed E-state index contributed by atoms with van der Waals surface area (Å²) in [4.78, 5) is 40.6. The molecule has 2 rings (SSSR count). The molecule has 1 atom stereocenters. The van der Waals surface area contributed by atoms with Crippen molar-refractivity contribution in [3.8, 4) is 0 Å². The molecule has 0 aliphatic carbocycles. The van der Waals surface area contributed by atoms with Crippen molar-refractivity contribution in [1.82, 2.24) is 15.1 Å². The first-order valence-electron chi connectivity index (χ1n) is 11.1. The number of amides is 3. The first kappa shape index (κ1) is 26.0. The van der Waals surface area contributed by atoms with E-state index >= 15 is 0 Å². The molecule has 0 spiro atoms. The average Bonchev–Trinajstić information content (AvgIpc) is 2.71. The molecule has 0 saturated carbocycles. The van der Waals surface area contributed by atoms with E-state index in [1.165, 1.54) is 18.7 Å². The Morgan fingerprint density at radius 1 is 1.09 bits per heavy atom. The van der Waals surface area contributed by atoms with Gasteiger partial charge in [-0.2, -0.15) is 0 Å². The maximum absolute atomic E-state index is 12.4. The minimum atomic E-state index is -0.474. The number of hydrogen-bond donors (Lipinski definition) is 2. The Kier molecular flexibility index (Phi) is 9.84. The van der Waals surface area contributed by atoms with Crippen LogP contribution >= 0.6 is 11.8 Å². The van der Waals surface area contributed by atoms with Crippen LogP contribution in [-0.2, 0) is 14.3 Å². The van der Waals surface area contributed by atoms with Crippen LogP contribution in [0.3, 0.4) is 0 Å². The van der Waals surface area contributed by atoms with Crippen LogP contribution in [0.4, 0.5) is 10.5 Å². The number of ether oxygens (including phenoxy) is 1. The van der Waals surface area contributed by atoms with Crippen LogP contribution in [0, 0.1) is 0 Å². The smallest absolute Gasteiger partial charge is 0.410 e. The van der Waals surface area contributed by atoms with Gasteiger partial charge >= 0.3 is 6.09 Å². The molecule has 1 aliphatic rings. The lowest BCUT2D eigenvalue weighted by atomic mass is 10.2. The third kappa shape index (κ3) is 9.48. The summed E-state index contributed by atoms with van der Waals surface area (Å²) in [7, 11) is 0. The molecule has 1 aromatic rings. The van der Waals surface area contributed by atoms with Gasteiger partial charge in [-0.1, -0.05) is 0 Å². The third-order valence-corrected chi connectivity index (χ3v) is 5.94. The van der Waals surface area contributed by atoms with Crippen molar-refractivity contribution in [3.63, 3.8) is 0 Å². The Balaban J connectivity index is 1.62.